The minimum atomic E-state index is -0.858. The minimum absolute atomic E-state index is 0.0163. The zero-order chi connectivity index (χ0) is 19.8. The molecule has 1 atom stereocenters. The van der Waals surface area contributed by atoms with Gasteiger partial charge in [0, 0.05) is 24.6 Å². The summed E-state index contributed by atoms with van der Waals surface area (Å²) in [6, 6.07) is 13.4. The summed E-state index contributed by atoms with van der Waals surface area (Å²) in [6.45, 7) is 3.85. The van der Waals surface area contributed by atoms with Gasteiger partial charge in [0.1, 0.15) is 5.69 Å². The van der Waals surface area contributed by atoms with Crippen LogP contribution in [0.4, 0.5) is 11.4 Å². The summed E-state index contributed by atoms with van der Waals surface area (Å²) in [5.41, 5.74) is 1.93. The van der Waals surface area contributed by atoms with Crippen LogP contribution >= 0.6 is 0 Å². The van der Waals surface area contributed by atoms with Gasteiger partial charge < -0.3 is 10.1 Å². The molecule has 7 heteroatoms. The number of anilines is 1. The van der Waals surface area contributed by atoms with E-state index in [2.05, 4.69) is 5.32 Å². The molecule has 0 spiro atoms. The summed E-state index contributed by atoms with van der Waals surface area (Å²) in [6.07, 6.45) is -0.321. The molecule has 0 fully saturated rings. The van der Waals surface area contributed by atoms with Gasteiger partial charge in [-0.15, -0.1) is 0 Å². The van der Waals surface area contributed by atoms with Crippen LogP contribution in [0.15, 0.2) is 48.5 Å². The number of ether oxygens (including phenoxy) is 1. The fraction of sp³-hybridized carbons (Fsp3) is 0.300. The van der Waals surface area contributed by atoms with Crippen molar-refractivity contribution in [1.29, 1.82) is 0 Å². The number of ketones is 1. The average molecular weight is 370 g/mol. The summed E-state index contributed by atoms with van der Waals surface area (Å²) >= 11 is 0. The van der Waals surface area contributed by atoms with E-state index in [4.69, 9.17) is 4.74 Å². The van der Waals surface area contributed by atoms with Crippen molar-refractivity contribution in [1.82, 2.24) is 0 Å². The summed E-state index contributed by atoms with van der Waals surface area (Å²) in [4.78, 5) is 34.7. The smallest absolute Gasteiger partial charge is 0.306 e. The lowest BCUT2D eigenvalue weighted by molar-refractivity contribution is -0.384. The second-order valence-electron chi connectivity index (χ2n) is 6.17. The first-order valence-corrected chi connectivity index (χ1v) is 8.66. The number of aryl methyl sites for hydroxylation is 1. The molecule has 7 nitrogen and oxygen atoms in total. The molecule has 0 aliphatic rings. The molecule has 0 heterocycles. The molecule has 0 unspecified atom stereocenters. The van der Waals surface area contributed by atoms with Gasteiger partial charge in [-0.25, -0.2) is 0 Å². The van der Waals surface area contributed by atoms with Crippen molar-refractivity contribution in [3.63, 3.8) is 0 Å². The molecule has 0 bridgehead atoms. The quantitative estimate of drug-likeness (QED) is 0.236. The van der Waals surface area contributed by atoms with E-state index in [0.717, 1.165) is 5.56 Å². The number of Topliss-reactive ketones (excluding diaryl/α,β-unsaturated/α-hetero) is 1. The lowest BCUT2D eigenvalue weighted by Crippen LogP contribution is -2.24. The zero-order valence-electron chi connectivity index (χ0n) is 15.3. The molecule has 142 valence electrons. The Morgan fingerprint density at radius 1 is 1.15 bits per heavy atom. The van der Waals surface area contributed by atoms with Gasteiger partial charge in [-0.1, -0.05) is 42.0 Å². The number of nitrogens with one attached hydrogen (secondary N) is 1. The van der Waals surface area contributed by atoms with E-state index >= 15 is 0 Å². The molecule has 2 aromatic rings. The first-order valence-electron chi connectivity index (χ1n) is 8.66. The number of esters is 1. The second kappa shape index (κ2) is 9.47. The number of hydrogen-bond acceptors (Lipinski definition) is 6. The van der Waals surface area contributed by atoms with E-state index in [9.17, 15) is 19.7 Å². The molecule has 1 N–H and O–H groups in total. The normalized spacial score (nSPS) is 11.5. The Morgan fingerprint density at radius 3 is 2.48 bits per heavy atom. The highest BCUT2D eigenvalue weighted by Crippen LogP contribution is 2.23. The van der Waals surface area contributed by atoms with Crippen molar-refractivity contribution in [3.05, 3.63) is 69.8 Å². The van der Waals surface area contributed by atoms with Crippen molar-refractivity contribution >= 4 is 23.1 Å². The van der Waals surface area contributed by atoms with E-state index < -0.39 is 17.0 Å². The topological polar surface area (TPSA) is 98.5 Å². The highest BCUT2D eigenvalue weighted by atomic mass is 16.6. The van der Waals surface area contributed by atoms with Crippen LogP contribution in [0.3, 0.4) is 0 Å². The SMILES string of the molecule is Cc1ccc(C(=O)[C@H](C)OC(=O)CCCNc2ccccc2[N+](=O)[O-])cc1. The third-order valence-electron chi connectivity index (χ3n) is 3.99. The maximum atomic E-state index is 12.3. The molecule has 2 rings (SSSR count). The number of nitro groups is 1. The Labute approximate surface area is 157 Å². The van der Waals surface area contributed by atoms with Gasteiger partial charge in [-0.2, -0.15) is 0 Å². The standard InChI is InChI=1S/C20H22N2O5/c1-14-9-11-16(12-10-14)20(24)15(2)27-19(23)8-5-13-21-17-6-3-4-7-18(17)22(25)26/h3-4,6-7,9-12,15,21H,5,8,13H2,1-2H3/t15-/m0/s1. The monoisotopic (exact) mass is 370 g/mol. The van der Waals surface area contributed by atoms with Gasteiger partial charge in [0.25, 0.3) is 5.69 Å². The lowest BCUT2D eigenvalue weighted by atomic mass is 10.1. The summed E-state index contributed by atoms with van der Waals surface area (Å²) in [5, 5.41) is 13.9. The van der Waals surface area contributed by atoms with Gasteiger partial charge in [-0.05, 0) is 26.3 Å². The van der Waals surface area contributed by atoms with Gasteiger partial charge in [0.15, 0.2) is 6.10 Å². The van der Waals surface area contributed by atoms with Gasteiger partial charge in [-0.3, -0.25) is 19.7 Å². The van der Waals surface area contributed by atoms with Crippen LogP contribution in [0.25, 0.3) is 0 Å². The van der Waals surface area contributed by atoms with Crippen molar-refractivity contribution in [2.75, 3.05) is 11.9 Å². The fourth-order valence-corrected chi connectivity index (χ4v) is 2.50. The Balaban J connectivity index is 1.77. The highest BCUT2D eigenvalue weighted by molar-refractivity contribution is 6.00. The fourth-order valence-electron chi connectivity index (χ4n) is 2.50. The van der Waals surface area contributed by atoms with Crippen molar-refractivity contribution < 1.29 is 19.2 Å². The van der Waals surface area contributed by atoms with E-state index in [-0.39, 0.29) is 17.9 Å². The number of hydrogen-bond donors (Lipinski definition) is 1. The Bertz CT molecular complexity index is 817. The van der Waals surface area contributed by atoms with Crippen LogP contribution in [0.2, 0.25) is 0 Å². The molecule has 0 saturated carbocycles. The number of carbonyl (C=O) groups excluding carboxylic acids is 2. The Hall–Kier alpha value is -3.22. The molecule has 0 saturated heterocycles. The first-order chi connectivity index (χ1) is 12.9. The van der Waals surface area contributed by atoms with E-state index in [1.165, 1.54) is 6.07 Å². The van der Waals surface area contributed by atoms with Crippen LogP contribution in [0.1, 0.15) is 35.7 Å². The lowest BCUT2D eigenvalue weighted by Gasteiger charge is -2.13. The van der Waals surface area contributed by atoms with E-state index in [1.54, 1.807) is 37.3 Å². The molecule has 0 amide bonds. The number of benzene rings is 2. The Morgan fingerprint density at radius 2 is 1.81 bits per heavy atom. The molecular weight excluding hydrogens is 348 g/mol. The predicted octanol–water partition coefficient (Wildman–Crippen LogP) is 3.91. The van der Waals surface area contributed by atoms with Crippen LogP contribution in [0.5, 0.6) is 0 Å². The molecule has 0 aliphatic carbocycles. The summed E-state index contributed by atoms with van der Waals surface area (Å²) in [5.74, 6) is -0.728. The predicted molar refractivity (Wildman–Crippen MR) is 102 cm³/mol. The van der Waals surface area contributed by atoms with Crippen LogP contribution in [-0.2, 0) is 9.53 Å². The van der Waals surface area contributed by atoms with Crippen molar-refractivity contribution in [3.8, 4) is 0 Å². The maximum absolute atomic E-state index is 12.3. The Kier molecular flexibility index (Phi) is 7.05. The number of nitro benzene ring substituents is 1. The third kappa shape index (κ3) is 5.91. The molecule has 0 aliphatic heterocycles. The van der Waals surface area contributed by atoms with E-state index in [1.807, 2.05) is 19.1 Å². The van der Waals surface area contributed by atoms with Crippen LogP contribution in [0, 0.1) is 17.0 Å². The largest absolute Gasteiger partial charge is 0.454 e. The number of carbonyl (C=O) groups is 2. The average Bonchev–Trinajstić information content (AvgIpc) is 2.65. The number of rotatable bonds is 9. The summed E-state index contributed by atoms with van der Waals surface area (Å²) < 4.78 is 5.19. The molecule has 2 aromatic carbocycles. The zero-order valence-corrected chi connectivity index (χ0v) is 15.3. The van der Waals surface area contributed by atoms with Gasteiger partial charge in [0.2, 0.25) is 5.78 Å². The summed E-state index contributed by atoms with van der Waals surface area (Å²) in [7, 11) is 0. The van der Waals surface area contributed by atoms with Gasteiger partial charge >= 0.3 is 5.97 Å². The maximum Gasteiger partial charge on any atom is 0.306 e. The number of para-hydroxylation sites is 2. The van der Waals surface area contributed by atoms with Crippen LogP contribution in [-0.4, -0.2) is 29.3 Å². The molecule has 0 radical (unpaired) electrons. The number of nitrogens with zero attached hydrogens (tertiary/aromatic N) is 1. The first kappa shape index (κ1) is 20.1. The van der Waals surface area contributed by atoms with Crippen LogP contribution < -0.4 is 5.32 Å². The minimum Gasteiger partial charge on any atom is -0.454 e. The van der Waals surface area contributed by atoms with Gasteiger partial charge in [0.05, 0.1) is 4.92 Å². The molecule has 0 aromatic heterocycles. The molecule has 27 heavy (non-hydrogen) atoms. The third-order valence-corrected chi connectivity index (χ3v) is 3.99. The second-order valence-corrected chi connectivity index (χ2v) is 6.17. The van der Waals surface area contributed by atoms with Crippen molar-refractivity contribution in [2.24, 2.45) is 0 Å². The highest BCUT2D eigenvalue weighted by Gasteiger charge is 2.19. The molecular formula is C20H22N2O5. The van der Waals surface area contributed by atoms with Crippen molar-refractivity contribution in [2.45, 2.75) is 32.8 Å². The van der Waals surface area contributed by atoms with E-state index in [0.29, 0.717) is 24.2 Å².